The van der Waals surface area contributed by atoms with Crippen molar-refractivity contribution in [2.75, 3.05) is 63.4 Å². The van der Waals surface area contributed by atoms with Crippen molar-refractivity contribution in [1.82, 2.24) is 4.90 Å². The van der Waals surface area contributed by atoms with Gasteiger partial charge in [0.2, 0.25) is 0 Å². The molecule has 0 radical (unpaired) electrons. The van der Waals surface area contributed by atoms with Gasteiger partial charge in [-0.05, 0) is 87.1 Å². The Morgan fingerprint density at radius 1 is 1.10 bits per heavy atom. The molecule has 12 heteroatoms. The lowest BCUT2D eigenvalue weighted by atomic mass is 9.71. The first kappa shape index (κ1) is 34.6. The molecule has 3 aliphatic rings. The van der Waals surface area contributed by atoms with Gasteiger partial charge in [-0.1, -0.05) is 24.0 Å². The van der Waals surface area contributed by atoms with Crippen LogP contribution in [0.15, 0.2) is 36.4 Å². The van der Waals surface area contributed by atoms with Crippen molar-refractivity contribution in [2.24, 2.45) is 5.41 Å². The van der Waals surface area contributed by atoms with E-state index >= 15 is 0 Å². The summed E-state index contributed by atoms with van der Waals surface area (Å²) in [6, 6.07) is 13.5. The van der Waals surface area contributed by atoms with E-state index in [1.165, 1.54) is 37.3 Å². The maximum atomic E-state index is 13.8. The summed E-state index contributed by atoms with van der Waals surface area (Å²) in [6.45, 7) is 7.38. The third-order valence-corrected chi connectivity index (χ3v) is 12.6. The summed E-state index contributed by atoms with van der Waals surface area (Å²) in [6.07, 6.45) is 1.21. The molecule has 6 rings (SSSR count). The molecule has 3 fully saturated rings. The van der Waals surface area contributed by atoms with Crippen molar-refractivity contribution in [3.8, 4) is 23.7 Å². The zero-order chi connectivity index (χ0) is 33.9. The molecule has 0 unspecified atom stereocenters. The van der Waals surface area contributed by atoms with Gasteiger partial charge < -0.3 is 24.7 Å². The summed E-state index contributed by atoms with van der Waals surface area (Å²) < 4.78 is 65.8. The number of hydrogen-bond donors (Lipinski definition) is 2. The second-order valence-corrected chi connectivity index (χ2v) is 17.9. The Labute approximate surface area is 284 Å². The van der Waals surface area contributed by atoms with E-state index in [4.69, 9.17) is 14.7 Å². The molecular formula is C36H42F3N4O3PS. The first-order valence-corrected chi connectivity index (χ1v) is 20.0. The number of benzene rings is 2. The van der Waals surface area contributed by atoms with Crippen LogP contribution in [-0.4, -0.2) is 75.9 Å². The molecule has 2 N–H and O–H groups in total. The number of ether oxygens (including phenoxy) is 2. The minimum atomic E-state index is -4.38. The summed E-state index contributed by atoms with van der Waals surface area (Å²) >= 11 is 1.30. The summed E-state index contributed by atoms with van der Waals surface area (Å²) in [5, 5.41) is 17.0. The van der Waals surface area contributed by atoms with Gasteiger partial charge in [0, 0.05) is 49.1 Å². The second-order valence-electron chi connectivity index (χ2n) is 13.7. The Hall–Kier alpha value is -3.21. The average molecular weight is 699 g/mol. The number of nitriles is 1. The highest BCUT2D eigenvalue weighted by Gasteiger charge is 2.46. The molecule has 0 amide bonds. The molecule has 1 aromatic heterocycles. The van der Waals surface area contributed by atoms with Crippen LogP contribution < -0.4 is 20.7 Å². The number of nitrogens with one attached hydrogen (secondary N) is 2. The summed E-state index contributed by atoms with van der Waals surface area (Å²) in [5.41, 5.74) is 2.09. The Kier molecular flexibility index (Phi) is 10.3. The zero-order valence-electron chi connectivity index (χ0n) is 27.4. The number of alkyl halides is 3. The summed E-state index contributed by atoms with van der Waals surface area (Å²) in [5.74, 6) is 6.37. The Balaban J connectivity index is 1.14. The van der Waals surface area contributed by atoms with Crippen molar-refractivity contribution in [1.29, 1.82) is 5.26 Å². The van der Waals surface area contributed by atoms with E-state index in [9.17, 15) is 17.7 Å². The molecule has 3 aromatic rings. The molecule has 2 aliphatic heterocycles. The van der Waals surface area contributed by atoms with Gasteiger partial charge in [-0.25, -0.2) is 0 Å². The second kappa shape index (κ2) is 14.3. The smallest absolute Gasteiger partial charge is 0.393 e. The molecule has 7 nitrogen and oxygen atoms in total. The number of halogens is 3. The number of hydrogen-bond acceptors (Lipinski definition) is 8. The largest absolute Gasteiger partial charge is 0.477 e. The fourth-order valence-corrected chi connectivity index (χ4v) is 9.28. The number of thiophene rings is 1. The maximum Gasteiger partial charge on any atom is 0.393 e. The third kappa shape index (κ3) is 8.14. The lowest BCUT2D eigenvalue weighted by Gasteiger charge is -2.56. The van der Waals surface area contributed by atoms with E-state index in [0.29, 0.717) is 38.5 Å². The predicted molar refractivity (Wildman–Crippen MR) is 187 cm³/mol. The van der Waals surface area contributed by atoms with Crippen LogP contribution in [0.25, 0.3) is 10.1 Å². The van der Waals surface area contributed by atoms with Crippen LogP contribution in [0, 0.1) is 28.6 Å². The van der Waals surface area contributed by atoms with E-state index in [1.807, 2.05) is 18.2 Å². The van der Waals surface area contributed by atoms with Crippen LogP contribution >= 0.6 is 18.5 Å². The fraction of sp³-hybridized carbons (Fsp3) is 0.528. The highest BCUT2D eigenvalue weighted by molar-refractivity contribution is 7.70. The third-order valence-electron chi connectivity index (χ3n) is 9.85. The quantitative estimate of drug-likeness (QED) is 0.177. The fourth-order valence-electron chi connectivity index (χ4n) is 7.25. The van der Waals surface area contributed by atoms with Crippen LogP contribution in [-0.2, 0) is 15.7 Å². The Morgan fingerprint density at radius 2 is 1.85 bits per heavy atom. The lowest BCUT2D eigenvalue weighted by molar-refractivity contribution is -0.126. The van der Waals surface area contributed by atoms with Crippen molar-refractivity contribution in [3.05, 3.63) is 46.8 Å². The summed E-state index contributed by atoms with van der Waals surface area (Å²) in [7, 11) is -2.55. The van der Waals surface area contributed by atoms with Crippen molar-refractivity contribution in [3.63, 3.8) is 0 Å². The topological polar surface area (TPSA) is 86.6 Å². The van der Waals surface area contributed by atoms with Gasteiger partial charge in [0.25, 0.3) is 0 Å². The number of rotatable bonds is 9. The lowest BCUT2D eigenvalue weighted by Crippen LogP contribution is -2.62. The van der Waals surface area contributed by atoms with Gasteiger partial charge in [-0.3, -0.25) is 4.90 Å². The predicted octanol–water partition coefficient (Wildman–Crippen LogP) is 7.46. The van der Waals surface area contributed by atoms with Crippen molar-refractivity contribution in [2.45, 2.75) is 63.2 Å². The van der Waals surface area contributed by atoms with E-state index in [1.54, 1.807) is 37.6 Å². The molecule has 1 saturated carbocycles. The Bertz CT molecular complexity index is 1760. The molecular weight excluding hydrogens is 656 g/mol. The normalized spacial score (nSPS) is 21.2. The molecule has 0 atom stereocenters. The van der Waals surface area contributed by atoms with Gasteiger partial charge in [0.15, 0.2) is 6.61 Å². The van der Waals surface area contributed by atoms with Gasteiger partial charge in [0.05, 0.1) is 33.9 Å². The van der Waals surface area contributed by atoms with Crippen LogP contribution in [0.1, 0.15) is 49.0 Å². The van der Waals surface area contributed by atoms with Gasteiger partial charge in [-0.15, -0.1) is 11.3 Å². The molecule has 2 aromatic carbocycles. The SMILES string of the molecule is CP(C)(=O)c1ccc(NCC#Cc2sc3c(NC4CCC(N5CC6(CCOCC6)C5)CC4)cccc3c2CC(F)(F)F)c(OCC#N)c1. The maximum absolute atomic E-state index is 13.8. The number of nitrogens with zero attached hydrogens (tertiary/aromatic N) is 2. The molecule has 256 valence electrons. The van der Waals surface area contributed by atoms with Crippen molar-refractivity contribution < 1.29 is 27.2 Å². The zero-order valence-corrected chi connectivity index (χ0v) is 29.1. The van der Waals surface area contributed by atoms with E-state index in [0.717, 1.165) is 49.3 Å². The van der Waals surface area contributed by atoms with Gasteiger partial charge in [-0.2, -0.15) is 18.4 Å². The van der Waals surface area contributed by atoms with E-state index < -0.39 is 19.7 Å². The van der Waals surface area contributed by atoms with E-state index in [2.05, 4.69) is 27.4 Å². The molecule has 3 heterocycles. The monoisotopic (exact) mass is 698 g/mol. The van der Waals surface area contributed by atoms with Crippen LogP contribution in [0.3, 0.4) is 0 Å². The van der Waals surface area contributed by atoms with Crippen LogP contribution in [0.5, 0.6) is 5.75 Å². The molecule has 2 saturated heterocycles. The number of anilines is 2. The van der Waals surface area contributed by atoms with Crippen LogP contribution in [0.4, 0.5) is 24.5 Å². The highest BCUT2D eigenvalue weighted by atomic mass is 32.1. The van der Waals surface area contributed by atoms with Crippen molar-refractivity contribution >= 4 is 45.2 Å². The minimum absolute atomic E-state index is 0.137. The minimum Gasteiger partial charge on any atom is -0.477 e. The molecule has 1 aliphatic carbocycles. The molecule has 48 heavy (non-hydrogen) atoms. The summed E-state index contributed by atoms with van der Waals surface area (Å²) in [4.78, 5) is 3.05. The Morgan fingerprint density at radius 3 is 2.54 bits per heavy atom. The van der Waals surface area contributed by atoms with Gasteiger partial charge in [0.1, 0.15) is 19.0 Å². The van der Waals surface area contributed by atoms with E-state index in [-0.39, 0.29) is 24.8 Å². The van der Waals surface area contributed by atoms with Gasteiger partial charge >= 0.3 is 6.18 Å². The average Bonchev–Trinajstić information content (AvgIpc) is 3.38. The highest BCUT2D eigenvalue weighted by Crippen LogP contribution is 2.44. The van der Waals surface area contributed by atoms with Crippen LogP contribution in [0.2, 0.25) is 0 Å². The molecule has 1 spiro atoms. The molecule has 0 bridgehead atoms. The first-order chi connectivity index (χ1) is 22.9. The number of likely N-dealkylation sites (tertiary alicyclic amines) is 1. The standard InChI is InChI=1S/C36H42F3N4O3PS/c1-47(2,44)27-12-13-30(32(21-27)46-20-16-40)41-17-4-7-33-29(22-36(37,38)39)28-5-3-6-31(34(28)48-33)42-25-8-10-26(11-9-25)43-23-35(24-43)14-18-45-19-15-35/h3,5-6,12-13,21,25-26,41-42H,8-11,14-15,17-20,22-24H2,1-2H3. The number of fused-ring (bicyclic) bond motifs is 1. The first-order valence-electron chi connectivity index (χ1n) is 16.5.